The summed E-state index contributed by atoms with van der Waals surface area (Å²) in [7, 11) is 0. The van der Waals surface area contributed by atoms with Crippen molar-refractivity contribution in [2.45, 2.75) is 51.1 Å². The first kappa shape index (κ1) is 8.24. The smallest absolute Gasteiger partial charge is 0.134 e. The minimum Gasteiger partial charge on any atom is -0.311 e. The maximum Gasteiger partial charge on any atom is 0.134 e. The summed E-state index contributed by atoms with van der Waals surface area (Å²) in [5.41, 5.74) is 0. The highest BCUT2D eigenvalue weighted by molar-refractivity contribution is 5.79. The van der Waals surface area contributed by atoms with Crippen LogP contribution in [0.5, 0.6) is 0 Å². The number of Topliss-reactive ketones (excluding diaryl/α,β-unsaturated/α-hetero) is 1. The summed E-state index contributed by atoms with van der Waals surface area (Å²) in [6.07, 6.45) is 6.13. The predicted octanol–water partition coefficient (Wildman–Crippen LogP) is 1.50. The summed E-state index contributed by atoms with van der Waals surface area (Å²) >= 11 is 0. The van der Waals surface area contributed by atoms with Crippen LogP contribution in [0.1, 0.15) is 39.0 Å². The van der Waals surface area contributed by atoms with Gasteiger partial charge in [-0.25, -0.2) is 0 Å². The third kappa shape index (κ3) is 1.40. The molecule has 0 amide bonds. The zero-order valence-corrected chi connectivity index (χ0v) is 7.68. The average Bonchev–Trinajstić information content (AvgIpc) is 2.30. The number of hydrogen-bond donors (Lipinski definition) is 1. The summed E-state index contributed by atoms with van der Waals surface area (Å²) in [5.74, 6) is 0.701. The van der Waals surface area contributed by atoms with Gasteiger partial charge in [0, 0.05) is 18.0 Å². The van der Waals surface area contributed by atoms with Crippen molar-refractivity contribution in [2.24, 2.45) is 5.92 Å². The molecule has 1 N–H and O–H groups in total. The quantitative estimate of drug-likeness (QED) is 0.641. The van der Waals surface area contributed by atoms with Gasteiger partial charge < -0.3 is 5.32 Å². The summed E-state index contributed by atoms with van der Waals surface area (Å²) in [5, 5.41) is 3.56. The van der Waals surface area contributed by atoms with Gasteiger partial charge in [-0.3, -0.25) is 4.79 Å². The van der Waals surface area contributed by atoms with Crippen molar-refractivity contribution >= 4 is 5.78 Å². The second-order valence-electron chi connectivity index (χ2n) is 4.20. The van der Waals surface area contributed by atoms with Crippen molar-refractivity contribution in [3.8, 4) is 0 Å². The molecule has 2 nitrogen and oxygen atoms in total. The standard InChI is InChI=1S/C10H17NO/c1-7(12)9-4-2-3-8-5-6-10(9)11-8/h8-11H,2-6H2,1H3/t8-,9-,10-/m1/s1. The van der Waals surface area contributed by atoms with Gasteiger partial charge in [0.2, 0.25) is 0 Å². The van der Waals surface area contributed by atoms with Crippen LogP contribution >= 0.6 is 0 Å². The summed E-state index contributed by atoms with van der Waals surface area (Å²) in [4.78, 5) is 11.3. The van der Waals surface area contributed by atoms with Crippen LogP contribution in [0.15, 0.2) is 0 Å². The molecule has 2 heterocycles. The van der Waals surface area contributed by atoms with Gasteiger partial charge >= 0.3 is 0 Å². The van der Waals surface area contributed by atoms with E-state index in [4.69, 9.17) is 0 Å². The molecule has 2 bridgehead atoms. The number of nitrogens with one attached hydrogen (secondary N) is 1. The Morgan fingerprint density at radius 1 is 1.25 bits per heavy atom. The topological polar surface area (TPSA) is 29.1 Å². The van der Waals surface area contributed by atoms with E-state index in [2.05, 4.69) is 5.32 Å². The van der Waals surface area contributed by atoms with E-state index in [0.29, 0.717) is 17.7 Å². The van der Waals surface area contributed by atoms with Crippen LogP contribution in [-0.2, 0) is 4.79 Å². The lowest BCUT2D eigenvalue weighted by Crippen LogP contribution is -2.35. The molecule has 3 atom stereocenters. The first-order chi connectivity index (χ1) is 5.77. The Hall–Kier alpha value is -0.370. The van der Waals surface area contributed by atoms with E-state index in [0.717, 1.165) is 12.5 Å². The number of carbonyl (C=O) groups is 1. The SMILES string of the molecule is CC(=O)[C@H]1CCC[C@@H]2CC[C@H]1N2. The molecule has 0 radical (unpaired) electrons. The molecule has 2 aliphatic rings. The van der Waals surface area contributed by atoms with Crippen molar-refractivity contribution in [2.75, 3.05) is 0 Å². The fraction of sp³-hybridized carbons (Fsp3) is 0.900. The molecule has 0 saturated carbocycles. The Kier molecular flexibility index (Phi) is 2.18. The molecule has 2 heteroatoms. The molecule has 12 heavy (non-hydrogen) atoms. The molecule has 0 aliphatic carbocycles. The van der Waals surface area contributed by atoms with Crippen molar-refractivity contribution in [3.05, 3.63) is 0 Å². The molecule has 0 aromatic heterocycles. The Morgan fingerprint density at radius 3 is 2.83 bits per heavy atom. The van der Waals surface area contributed by atoms with Crippen LogP contribution in [-0.4, -0.2) is 17.9 Å². The van der Waals surface area contributed by atoms with Gasteiger partial charge in [0.05, 0.1) is 0 Å². The number of fused-ring (bicyclic) bond motifs is 2. The van der Waals surface area contributed by atoms with Gasteiger partial charge in [-0.1, -0.05) is 6.42 Å². The van der Waals surface area contributed by atoms with Crippen LogP contribution in [0, 0.1) is 5.92 Å². The van der Waals surface area contributed by atoms with Gasteiger partial charge in [-0.15, -0.1) is 0 Å². The van der Waals surface area contributed by atoms with Crippen LogP contribution in [0.3, 0.4) is 0 Å². The Labute approximate surface area is 73.7 Å². The lowest BCUT2D eigenvalue weighted by molar-refractivity contribution is -0.121. The minimum atomic E-state index is 0.317. The van der Waals surface area contributed by atoms with E-state index in [1.54, 1.807) is 6.92 Å². The lowest BCUT2D eigenvalue weighted by Gasteiger charge is -2.18. The summed E-state index contributed by atoms with van der Waals surface area (Å²) < 4.78 is 0. The van der Waals surface area contributed by atoms with E-state index < -0.39 is 0 Å². The van der Waals surface area contributed by atoms with E-state index >= 15 is 0 Å². The average molecular weight is 167 g/mol. The van der Waals surface area contributed by atoms with Gasteiger partial charge in [0.25, 0.3) is 0 Å². The molecule has 68 valence electrons. The molecule has 2 fully saturated rings. The summed E-state index contributed by atoms with van der Waals surface area (Å²) in [6.45, 7) is 1.74. The number of ketones is 1. The maximum atomic E-state index is 11.3. The molecule has 0 aromatic carbocycles. The van der Waals surface area contributed by atoms with E-state index in [1.807, 2.05) is 0 Å². The molecular weight excluding hydrogens is 150 g/mol. The van der Waals surface area contributed by atoms with Crippen LogP contribution in [0.2, 0.25) is 0 Å². The third-order valence-corrected chi connectivity index (χ3v) is 3.35. The van der Waals surface area contributed by atoms with Crippen LogP contribution in [0.4, 0.5) is 0 Å². The number of carbonyl (C=O) groups excluding carboxylic acids is 1. The van der Waals surface area contributed by atoms with E-state index in [1.165, 1.54) is 25.7 Å². The fourth-order valence-electron chi connectivity index (χ4n) is 2.67. The molecule has 2 aliphatic heterocycles. The zero-order valence-electron chi connectivity index (χ0n) is 7.68. The van der Waals surface area contributed by atoms with E-state index in [9.17, 15) is 4.79 Å². The molecule has 2 saturated heterocycles. The normalized spacial score (nSPS) is 40.9. The first-order valence-electron chi connectivity index (χ1n) is 5.04. The Bertz CT molecular complexity index is 190. The largest absolute Gasteiger partial charge is 0.311 e. The second-order valence-corrected chi connectivity index (χ2v) is 4.20. The van der Waals surface area contributed by atoms with Crippen molar-refractivity contribution in [3.63, 3.8) is 0 Å². The minimum absolute atomic E-state index is 0.317. The fourth-order valence-corrected chi connectivity index (χ4v) is 2.67. The van der Waals surface area contributed by atoms with Gasteiger partial charge in [-0.05, 0) is 32.6 Å². The number of hydrogen-bond acceptors (Lipinski definition) is 2. The predicted molar refractivity (Wildman–Crippen MR) is 48.0 cm³/mol. The van der Waals surface area contributed by atoms with Gasteiger partial charge in [-0.2, -0.15) is 0 Å². The number of rotatable bonds is 1. The van der Waals surface area contributed by atoms with Gasteiger partial charge in [0.1, 0.15) is 5.78 Å². The van der Waals surface area contributed by atoms with Crippen LogP contribution in [0.25, 0.3) is 0 Å². The highest BCUT2D eigenvalue weighted by atomic mass is 16.1. The maximum absolute atomic E-state index is 11.3. The molecule has 2 rings (SSSR count). The summed E-state index contributed by atoms with van der Waals surface area (Å²) in [6, 6.07) is 1.23. The molecule has 0 unspecified atom stereocenters. The second kappa shape index (κ2) is 3.17. The Morgan fingerprint density at radius 2 is 2.08 bits per heavy atom. The molecular formula is C10H17NO. The van der Waals surface area contributed by atoms with Gasteiger partial charge in [0.15, 0.2) is 0 Å². The highest BCUT2D eigenvalue weighted by Gasteiger charge is 2.34. The Balaban J connectivity index is 2.08. The monoisotopic (exact) mass is 167 g/mol. The lowest BCUT2D eigenvalue weighted by atomic mass is 9.88. The molecule has 0 aromatic rings. The van der Waals surface area contributed by atoms with Crippen molar-refractivity contribution < 1.29 is 4.79 Å². The molecule has 0 spiro atoms. The highest BCUT2D eigenvalue weighted by Crippen LogP contribution is 2.30. The first-order valence-corrected chi connectivity index (χ1v) is 5.04. The third-order valence-electron chi connectivity index (χ3n) is 3.35. The van der Waals surface area contributed by atoms with E-state index in [-0.39, 0.29) is 0 Å². The van der Waals surface area contributed by atoms with Crippen LogP contribution < -0.4 is 5.32 Å². The van der Waals surface area contributed by atoms with Crippen molar-refractivity contribution in [1.82, 2.24) is 5.32 Å². The zero-order chi connectivity index (χ0) is 8.55. The van der Waals surface area contributed by atoms with Crippen molar-refractivity contribution in [1.29, 1.82) is 0 Å².